The van der Waals surface area contributed by atoms with Gasteiger partial charge < -0.3 is 20.7 Å². The molecule has 3 atom stereocenters. The number of rotatable bonds is 4. The van der Waals surface area contributed by atoms with E-state index in [1.807, 2.05) is 25.7 Å². The van der Waals surface area contributed by atoms with Crippen LogP contribution < -0.4 is 16.0 Å². The highest BCUT2D eigenvalue weighted by molar-refractivity contribution is 7.21. The maximum absolute atomic E-state index is 13.2. The summed E-state index contributed by atoms with van der Waals surface area (Å²) in [5.74, 6) is -0.317. The highest BCUT2D eigenvalue weighted by Crippen LogP contribution is 2.36. The molecule has 9 nitrogen and oxygen atoms in total. The first-order chi connectivity index (χ1) is 19.5. The van der Waals surface area contributed by atoms with Gasteiger partial charge in [0.2, 0.25) is 0 Å². The third-order valence-electron chi connectivity index (χ3n) is 8.37. The van der Waals surface area contributed by atoms with Gasteiger partial charge in [0.1, 0.15) is 21.0 Å². The molecule has 6 rings (SSSR count). The van der Waals surface area contributed by atoms with Crippen molar-refractivity contribution in [2.24, 2.45) is 0 Å². The number of benzene rings is 1. The van der Waals surface area contributed by atoms with Crippen LogP contribution in [0.2, 0.25) is 0 Å². The van der Waals surface area contributed by atoms with Gasteiger partial charge in [-0.05, 0) is 88.3 Å². The molecule has 4 heterocycles. The number of ketones is 1. The molecule has 10 heteroatoms. The number of aromatic nitrogens is 1. The standard InChI is InChI=1S/C31H37N5O4S/c1-17(37)25-12-11-24-26(32)27(41-29(24)34-25)28(38)33-20-7-5-19-14-21(8-6-18(19)13-20)35-15-22-9-10-23(16-35)36(22)30(39)40-31(2,3)4/h6,8,11-12,14,20,22-23H,5,7,9-10,13,15-16,32H2,1-4H3,(H,33,38)/t20-,22-,23+/m0/s1. The number of carbonyl (C=O) groups excluding carboxylic acids is 3. The molecule has 2 fully saturated rings. The Hall–Kier alpha value is -3.66. The van der Waals surface area contributed by atoms with Crippen LogP contribution in [0.1, 0.15) is 78.2 Å². The summed E-state index contributed by atoms with van der Waals surface area (Å²) < 4.78 is 5.69. The Balaban J connectivity index is 1.11. The molecule has 1 aromatic carbocycles. The molecular weight excluding hydrogens is 538 g/mol. The van der Waals surface area contributed by atoms with E-state index in [2.05, 4.69) is 33.4 Å². The Labute approximate surface area is 244 Å². The van der Waals surface area contributed by atoms with Gasteiger partial charge in [-0.15, -0.1) is 11.3 Å². The van der Waals surface area contributed by atoms with Crippen LogP contribution in [0.3, 0.4) is 0 Å². The lowest BCUT2D eigenvalue weighted by Crippen LogP contribution is -2.56. The second kappa shape index (κ2) is 10.3. The van der Waals surface area contributed by atoms with Crippen molar-refractivity contribution >= 4 is 50.7 Å². The zero-order valence-electron chi connectivity index (χ0n) is 24.0. The molecule has 2 aromatic heterocycles. The third kappa shape index (κ3) is 5.37. The average Bonchev–Trinajstić information content (AvgIpc) is 3.39. The van der Waals surface area contributed by atoms with Crippen molar-refractivity contribution in [3.63, 3.8) is 0 Å². The van der Waals surface area contributed by atoms with E-state index >= 15 is 0 Å². The zero-order valence-corrected chi connectivity index (χ0v) is 24.8. The summed E-state index contributed by atoms with van der Waals surface area (Å²) in [6.07, 6.45) is 4.30. The van der Waals surface area contributed by atoms with Gasteiger partial charge in [0.25, 0.3) is 5.91 Å². The first-order valence-electron chi connectivity index (χ1n) is 14.4. The fraction of sp³-hybridized carbons (Fsp3) is 0.484. The lowest BCUT2D eigenvalue weighted by molar-refractivity contribution is 0.0123. The van der Waals surface area contributed by atoms with Crippen molar-refractivity contribution in [3.05, 3.63) is 52.0 Å². The predicted octanol–water partition coefficient (Wildman–Crippen LogP) is 4.96. The van der Waals surface area contributed by atoms with Crippen LogP contribution in [0, 0.1) is 0 Å². The highest BCUT2D eigenvalue weighted by atomic mass is 32.1. The van der Waals surface area contributed by atoms with Crippen molar-refractivity contribution in [2.75, 3.05) is 23.7 Å². The summed E-state index contributed by atoms with van der Waals surface area (Å²) in [5, 5.41) is 3.88. The summed E-state index contributed by atoms with van der Waals surface area (Å²) in [6.45, 7) is 8.83. The number of nitrogen functional groups attached to an aromatic ring is 1. The number of hydrogen-bond acceptors (Lipinski definition) is 8. The summed E-state index contributed by atoms with van der Waals surface area (Å²) in [6, 6.07) is 10.4. The maximum Gasteiger partial charge on any atom is 0.410 e. The molecule has 2 saturated heterocycles. The fourth-order valence-corrected chi connectivity index (χ4v) is 7.40. The van der Waals surface area contributed by atoms with Gasteiger partial charge in [0, 0.05) is 37.1 Å². The monoisotopic (exact) mass is 575 g/mol. The van der Waals surface area contributed by atoms with Gasteiger partial charge in [-0.25, -0.2) is 9.78 Å². The van der Waals surface area contributed by atoms with Crippen LogP contribution >= 0.6 is 11.3 Å². The highest BCUT2D eigenvalue weighted by Gasteiger charge is 2.44. The van der Waals surface area contributed by atoms with Gasteiger partial charge in [-0.3, -0.25) is 14.5 Å². The van der Waals surface area contributed by atoms with E-state index in [0.717, 1.165) is 45.2 Å². The number of nitrogens with zero attached hydrogens (tertiary/aromatic N) is 3. The molecule has 3 N–H and O–H groups in total. The maximum atomic E-state index is 13.2. The lowest BCUT2D eigenvalue weighted by atomic mass is 9.87. The van der Waals surface area contributed by atoms with Crippen molar-refractivity contribution < 1.29 is 19.1 Å². The Morgan fingerprint density at radius 3 is 2.46 bits per heavy atom. The molecular formula is C31H37N5O4S. The van der Waals surface area contributed by atoms with E-state index in [0.29, 0.717) is 26.5 Å². The van der Waals surface area contributed by atoms with E-state index in [4.69, 9.17) is 10.5 Å². The number of fused-ring (bicyclic) bond motifs is 4. The van der Waals surface area contributed by atoms with E-state index in [1.165, 1.54) is 35.1 Å². The molecule has 0 unspecified atom stereocenters. The van der Waals surface area contributed by atoms with E-state index in [1.54, 1.807) is 12.1 Å². The minimum Gasteiger partial charge on any atom is -0.444 e. The molecule has 216 valence electrons. The van der Waals surface area contributed by atoms with Gasteiger partial charge in [-0.1, -0.05) is 6.07 Å². The molecule has 41 heavy (non-hydrogen) atoms. The minimum absolute atomic E-state index is 0.0134. The number of amides is 2. The number of hydrogen-bond donors (Lipinski definition) is 2. The molecule has 0 spiro atoms. The number of ether oxygens (including phenoxy) is 1. The number of piperazine rings is 1. The molecule has 0 radical (unpaired) electrons. The SMILES string of the molecule is CC(=O)c1ccc2c(N)c(C(=O)N[C@H]3CCc4cc(N5C[C@H]6CC[C@@H](C5)N6C(=O)OC(C)(C)C)ccc4C3)sc2n1. The second-order valence-corrected chi connectivity index (χ2v) is 13.5. The van der Waals surface area contributed by atoms with Gasteiger partial charge in [0.15, 0.2) is 5.78 Å². The Morgan fingerprint density at radius 2 is 1.78 bits per heavy atom. The lowest BCUT2D eigenvalue weighted by Gasteiger charge is -2.42. The van der Waals surface area contributed by atoms with E-state index in [9.17, 15) is 14.4 Å². The van der Waals surface area contributed by atoms with E-state index in [-0.39, 0.29) is 35.9 Å². The summed E-state index contributed by atoms with van der Waals surface area (Å²) in [5.41, 5.74) is 10.3. The number of thiophene rings is 1. The Morgan fingerprint density at radius 1 is 1.05 bits per heavy atom. The van der Waals surface area contributed by atoms with Crippen molar-refractivity contribution in [1.29, 1.82) is 0 Å². The number of Topliss-reactive ketones (excluding diaryl/α,β-unsaturated/α-hetero) is 1. The molecule has 1 aliphatic carbocycles. The number of nitrogens with two attached hydrogens (primary N) is 1. The molecule has 2 aliphatic heterocycles. The normalized spacial score (nSPS) is 22.0. The molecule has 2 bridgehead atoms. The largest absolute Gasteiger partial charge is 0.444 e. The zero-order chi connectivity index (χ0) is 29.1. The smallest absolute Gasteiger partial charge is 0.410 e. The number of anilines is 2. The van der Waals surface area contributed by atoms with Crippen LogP contribution in [0.5, 0.6) is 0 Å². The second-order valence-electron chi connectivity index (χ2n) is 12.5. The Kier molecular flexibility index (Phi) is 6.92. The topological polar surface area (TPSA) is 118 Å². The van der Waals surface area contributed by atoms with Crippen molar-refractivity contribution in [3.8, 4) is 0 Å². The van der Waals surface area contributed by atoms with Gasteiger partial charge in [0.05, 0.1) is 17.8 Å². The number of pyridine rings is 1. The predicted molar refractivity (Wildman–Crippen MR) is 161 cm³/mol. The quantitative estimate of drug-likeness (QED) is 0.423. The van der Waals surface area contributed by atoms with E-state index < -0.39 is 5.60 Å². The first-order valence-corrected chi connectivity index (χ1v) is 15.2. The molecule has 3 aromatic rings. The van der Waals surface area contributed by atoms with Crippen LogP contribution in [-0.4, -0.2) is 64.5 Å². The number of carbonyl (C=O) groups is 3. The van der Waals surface area contributed by atoms with Crippen molar-refractivity contribution in [2.45, 2.75) is 83.5 Å². The van der Waals surface area contributed by atoms with Crippen LogP contribution in [0.4, 0.5) is 16.2 Å². The summed E-state index contributed by atoms with van der Waals surface area (Å²) >= 11 is 1.23. The molecule has 3 aliphatic rings. The van der Waals surface area contributed by atoms with Gasteiger partial charge in [-0.2, -0.15) is 0 Å². The molecule has 0 saturated carbocycles. The minimum atomic E-state index is -0.495. The van der Waals surface area contributed by atoms with Crippen LogP contribution in [-0.2, 0) is 17.6 Å². The average molecular weight is 576 g/mol. The number of aryl methyl sites for hydroxylation is 1. The Bertz CT molecular complexity index is 1530. The molecule has 2 amide bonds. The third-order valence-corrected chi connectivity index (χ3v) is 9.48. The summed E-state index contributed by atoms with van der Waals surface area (Å²) in [4.78, 5) is 47.5. The number of nitrogens with one attached hydrogen (secondary N) is 1. The van der Waals surface area contributed by atoms with Crippen LogP contribution in [0.15, 0.2) is 30.3 Å². The van der Waals surface area contributed by atoms with Crippen molar-refractivity contribution in [1.82, 2.24) is 15.2 Å². The fourth-order valence-electron chi connectivity index (χ4n) is 6.40. The first kappa shape index (κ1) is 27.5. The van der Waals surface area contributed by atoms with Gasteiger partial charge >= 0.3 is 6.09 Å². The van der Waals surface area contributed by atoms with Crippen LogP contribution in [0.25, 0.3) is 10.2 Å². The summed E-state index contributed by atoms with van der Waals surface area (Å²) in [7, 11) is 0.